The zero-order valence-corrected chi connectivity index (χ0v) is 12.8. The smallest absolute Gasteiger partial charge is 0.161 e. The Balaban J connectivity index is 1.91. The van der Waals surface area contributed by atoms with E-state index in [1.807, 2.05) is 24.8 Å². The Morgan fingerprint density at radius 1 is 1.32 bits per heavy atom. The minimum atomic E-state index is 0.509. The molecule has 0 aromatic heterocycles. The molecule has 0 radical (unpaired) electrons. The Morgan fingerprint density at radius 2 is 2.11 bits per heavy atom. The molecule has 0 atom stereocenters. The second kappa shape index (κ2) is 6.53. The van der Waals surface area contributed by atoms with E-state index in [0.29, 0.717) is 11.4 Å². The fraction of sp³-hybridized carbons (Fsp3) is 0.600. The molecule has 19 heavy (non-hydrogen) atoms. The monoisotopic (exact) mass is 281 g/mol. The van der Waals surface area contributed by atoms with Crippen LogP contribution >= 0.6 is 11.8 Å². The van der Waals surface area contributed by atoms with Gasteiger partial charge in [0.15, 0.2) is 11.5 Å². The van der Waals surface area contributed by atoms with Crippen molar-refractivity contribution in [2.45, 2.75) is 31.1 Å². The molecule has 3 nitrogen and oxygen atoms in total. The van der Waals surface area contributed by atoms with E-state index in [0.717, 1.165) is 24.6 Å². The number of methoxy groups -OCH3 is 1. The quantitative estimate of drug-likeness (QED) is 0.793. The molecule has 0 unspecified atom stereocenters. The lowest BCUT2D eigenvalue weighted by Crippen LogP contribution is -2.25. The van der Waals surface area contributed by atoms with Gasteiger partial charge in [-0.1, -0.05) is 6.07 Å². The van der Waals surface area contributed by atoms with E-state index in [-0.39, 0.29) is 0 Å². The molecule has 1 aromatic rings. The van der Waals surface area contributed by atoms with Gasteiger partial charge in [0.05, 0.1) is 13.7 Å². The van der Waals surface area contributed by atoms with E-state index in [2.05, 4.69) is 23.7 Å². The maximum Gasteiger partial charge on any atom is 0.161 e. The zero-order chi connectivity index (χ0) is 13.7. The Labute approximate surface area is 120 Å². The largest absolute Gasteiger partial charge is 0.493 e. The van der Waals surface area contributed by atoms with Gasteiger partial charge < -0.3 is 14.8 Å². The lowest BCUT2D eigenvalue weighted by molar-refractivity contribution is 0.310. The SMILES string of the molecule is CCOc1cc(CNCC2(SC)CC2)ccc1OC. The summed E-state index contributed by atoms with van der Waals surface area (Å²) in [5, 5.41) is 3.54. The van der Waals surface area contributed by atoms with E-state index in [1.54, 1.807) is 7.11 Å². The van der Waals surface area contributed by atoms with E-state index in [4.69, 9.17) is 9.47 Å². The molecule has 0 saturated heterocycles. The van der Waals surface area contributed by atoms with Crippen molar-refractivity contribution in [2.75, 3.05) is 26.5 Å². The summed E-state index contributed by atoms with van der Waals surface area (Å²) in [6.07, 6.45) is 4.89. The van der Waals surface area contributed by atoms with Crippen molar-refractivity contribution >= 4 is 11.8 Å². The molecule has 1 aromatic carbocycles. The molecule has 0 aliphatic heterocycles. The van der Waals surface area contributed by atoms with Gasteiger partial charge in [-0.3, -0.25) is 0 Å². The van der Waals surface area contributed by atoms with Gasteiger partial charge in [0, 0.05) is 17.8 Å². The molecule has 0 bridgehead atoms. The van der Waals surface area contributed by atoms with Gasteiger partial charge in [0.25, 0.3) is 0 Å². The van der Waals surface area contributed by atoms with Crippen LogP contribution in [0.15, 0.2) is 18.2 Å². The van der Waals surface area contributed by atoms with Crippen LogP contribution in [-0.4, -0.2) is 31.3 Å². The Hall–Kier alpha value is -0.870. The van der Waals surface area contributed by atoms with Crippen LogP contribution in [0.4, 0.5) is 0 Å². The third kappa shape index (κ3) is 3.80. The van der Waals surface area contributed by atoms with Crippen molar-refractivity contribution in [3.63, 3.8) is 0 Å². The second-order valence-corrected chi connectivity index (χ2v) is 6.18. The highest BCUT2D eigenvalue weighted by Gasteiger charge is 2.41. The number of hydrogen-bond acceptors (Lipinski definition) is 4. The first-order valence-electron chi connectivity index (χ1n) is 6.78. The molecule has 1 saturated carbocycles. The topological polar surface area (TPSA) is 30.5 Å². The number of benzene rings is 1. The molecule has 1 fully saturated rings. The van der Waals surface area contributed by atoms with Crippen LogP contribution < -0.4 is 14.8 Å². The predicted octanol–water partition coefficient (Wildman–Crippen LogP) is 3.08. The van der Waals surface area contributed by atoms with Crippen LogP contribution in [0.5, 0.6) is 11.5 Å². The highest BCUT2D eigenvalue weighted by molar-refractivity contribution is 8.00. The summed E-state index contributed by atoms with van der Waals surface area (Å²) in [7, 11) is 1.67. The summed E-state index contributed by atoms with van der Waals surface area (Å²) in [5.41, 5.74) is 1.24. The lowest BCUT2D eigenvalue weighted by atomic mass is 10.2. The number of nitrogens with one attached hydrogen (secondary N) is 1. The molecular formula is C15H23NO2S. The van der Waals surface area contributed by atoms with E-state index in [1.165, 1.54) is 18.4 Å². The van der Waals surface area contributed by atoms with Crippen LogP contribution in [0.2, 0.25) is 0 Å². The van der Waals surface area contributed by atoms with Gasteiger partial charge >= 0.3 is 0 Å². The predicted molar refractivity (Wildman–Crippen MR) is 81.3 cm³/mol. The van der Waals surface area contributed by atoms with Gasteiger partial charge in [-0.15, -0.1) is 0 Å². The average Bonchev–Trinajstić information content (AvgIpc) is 3.20. The van der Waals surface area contributed by atoms with E-state index < -0.39 is 0 Å². The fourth-order valence-electron chi connectivity index (χ4n) is 2.13. The maximum atomic E-state index is 5.59. The molecule has 4 heteroatoms. The number of thioether (sulfide) groups is 1. The second-order valence-electron chi connectivity index (χ2n) is 4.91. The summed E-state index contributed by atoms with van der Waals surface area (Å²) in [5.74, 6) is 1.63. The molecule has 0 amide bonds. The normalized spacial score (nSPS) is 16.2. The summed E-state index contributed by atoms with van der Waals surface area (Å²) in [6.45, 7) is 4.61. The Kier molecular flexibility index (Phi) is 4.99. The molecular weight excluding hydrogens is 258 g/mol. The van der Waals surface area contributed by atoms with Crippen LogP contribution in [0, 0.1) is 0 Å². The molecule has 0 heterocycles. The molecule has 1 aliphatic carbocycles. The van der Waals surface area contributed by atoms with E-state index >= 15 is 0 Å². The van der Waals surface area contributed by atoms with Crippen molar-refractivity contribution in [3.05, 3.63) is 23.8 Å². The molecule has 2 rings (SSSR count). The highest BCUT2D eigenvalue weighted by Crippen LogP contribution is 2.46. The third-order valence-corrected chi connectivity index (χ3v) is 4.96. The van der Waals surface area contributed by atoms with Gasteiger partial charge in [-0.2, -0.15) is 11.8 Å². The van der Waals surface area contributed by atoms with Crippen molar-refractivity contribution in [2.24, 2.45) is 0 Å². The van der Waals surface area contributed by atoms with Gasteiger partial charge in [-0.05, 0) is 43.7 Å². The number of hydrogen-bond donors (Lipinski definition) is 1. The lowest BCUT2D eigenvalue weighted by Gasteiger charge is -2.14. The molecule has 1 N–H and O–H groups in total. The highest BCUT2D eigenvalue weighted by atomic mass is 32.2. The summed E-state index contributed by atoms with van der Waals surface area (Å²) < 4.78 is 11.4. The first-order valence-corrected chi connectivity index (χ1v) is 8.01. The fourth-order valence-corrected chi connectivity index (χ4v) is 2.88. The maximum absolute atomic E-state index is 5.59. The average molecular weight is 281 g/mol. The Morgan fingerprint density at radius 3 is 2.68 bits per heavy atom. The van der Waals surface area contributed by atoms with Crippen molar-refractivity contribution in [1.29, 1.82) is 0 Å². The zero-order valence-electron chi connectivity index (χ0n) is 12.0. The summed E-state index contributed by atoms with van der Waals surface area (Å²) >= 11 is 1.98. The van der Waals surface area contributed by atoms with Crippen LogP contribution in [-0.2, 0) is 6.54 Å². The molecule has 0 spiro atoms. The van der Waals surface area contributed by atoms with Gasteiger partial charge in [-0.25, -0.2) is 0 Å². The molecule has 1 aliphatic rings. The van der Waals surface area contributed by atoms with Crippen molar-refractivity contribution in [3.8, 4) is 11.5 Å². The van der Waals surface area contributed by atoms with Crippen molar-refractivity contribution < 1.29 is 9.47 Å². The minimum Gasteiger partial charge on any atom is -0.493 e. The van der Waals surface area contributed by atoms with E-state index in [9.17, 15) is 0 Å². The van der Waals surface area contributed by atoms with Crippen LogP contribution in [0.25, 0.3) is 0 Å². The van der Waals surface area contributed by atoms with Crippen LogP contribution in [0.1, 0.15) is 25.3 Å². The third-order valence-electron chi connectivity index (χ3n) is 3.54. The minimum absolute atomic E-state index is 0.509. The first kappa shape index (κ1) is 14.5. The Bertz CT molecular complexity index is 419. The number of rotatable bonds is 8. The first-order chi connectivity index (χ1) is 9.23. The summed E-state index contributed by atoms with van der Waals surface area (Å²) in [4.78, 5) is 0. The molecule has 106 valence electrons. The van der Waals surface area contributed by atoms with Gasteiger partial charge in [0.1, 0.15) is 0 Å². The van der Waals surface area contributed by atoms with Gasteiger partial charge in [0.2, 0.25) is 0 Å². The number of ether oxygens (including phenoxy) is 2. The van der Waals surface area contributed by atoms with Crippen LogP contribution in [0.3, 0.4) is 0 Å². The standard InChI is InChI=1S/C15H23NO2S/c1-4-18-14-9-12(5-6-13(14)17-2)10-16-11-15(19-3)7-8-15/h5-6,9,16H,4,7-8,10-11H2,1-3H3. The van der Waals surface area contributed by atoms with Crippen molar-refractivity contribution in [1.82, 2.24) is 5.32 Å². The summed E-state index contributed by atoms with van der Waals surface area (Å²) in [6, 6.07) is 6.13.